The van der Waals surface area contributed by atoms with Gasteiger partial charge < -0.3 is 10.0 Å². The maximum atomic E-state index is 13.5. The summed E-state index contributed by atoms with van der Waals surface area (Å²) in [6.07, 6.45) is 3.07. The first kappa shape index (κ1) is 22.6. The molecular weight excluding hydrogens is 464 g/mol. The smallest absolute Gasteiger partial charge is 0.320 e. The Kier molecular flexibility index (Phi) is 5.33. The van der Waals surface area contributed by atoms with Crippen LogP contribution in [0.4, 0.5) is 5.69 Å². The van der Waals surface area contributed by atoms with Gasteiger partial charge in [0.05, 0.1) is 16.1 Å². The Hall–Kier alpha value is -4.17. The van der Waals surface area contributed by atoms with Gasteiger partial charge in [-0.25, -0.2) is 12.4 Å². The fraction of sp³-hybridized carbons (Fsp3) is 0.111. The van der Waals surface area contributed by atoms with Gasteiger partial charge in [-0.05, 0) is 43.3 Å². The fourth-order valence-electron chi connectivity index (χ4n) is 4.49. The monoisotopic (exact) mass is 486 g/mol. The van der Waals surface area contributed by atoms with Crippen molar-refractivity contribution in [2.45, 2.75) is 11.8 Å². The van der Waals surface area contributed by atoms with E-state index in [2.05, 4.69) is 0 Å². The molecule has 8 heteroatoms. The summed E-state index contributed by atoms with van der Waals surface area (Å²) in [5.74, 6) is -3.18. The van der Waals surface area contributed by atoms with Crippen LogP contribution in [-0.2, 0) is 14.8 Å². The van der Waals surface area contributed by atoms with Crippen LogP contribution in [0.1, 0.15) is 21.5 Å². The molecule has 1 N–H and O–H groups in total. The number of hydrogen-bond acceptors (Lipinski definition) is 5. The normalized spacial score (nSPS) is 17.1. The number of aliphatic carboxylic acids is 1. The van der Waals surface area contributed by atoms with Crippen LogP contribution in [0.3, 0.4) is 0 Å². The molecule has 1 unspecified atom stereocenters. The number of hydrogen-bond donors (Lipinski definition) is 1. The van der Waals surface area contributed by atoms with Gasteiger partial charge in [-0.2, -0.15) is 0 Å². The summed E-state index contributed by atoms with van der Waals surface area (Å²) in [6.45, 7) is 1.88. The Bertz CT molecular complexity index is 1630. The molecule has 1 aliphatic heterocycles. The van der Waals surface area contributed by atoms with E-state index in [4.69, 9.17) is 0 Å². The molecule has 0 amide bonds. The van der Waals surface area contributed by atoms with Crippen molar-refractivity contribution in [3.8, 4) is 0 Å². The third kappa shape index (κ3) is 3.63. The average molecular weight is 487 g/mol. The molecule has 1 aliphatic rings. The number of rotatable bonds is 4. The van der Waals surface area contributed by atoms with Crippen LogP contribution < -0.4 is 4.90 Å². The zero-order valence-corrected chi connectivity index (χ0v) is 19.9. The van der Waals surface area contributed by atoms with Crippen LogP contribution in [0.2, 0.25) is 0 Å². The Morgan fingerprint density at radius 2 is 1.63 bits per heavy atom. The van der Waals surface area contributed by atoms with E-state index in [-0.39, 0.29) is 10.6 Å². The lowest BCUT2D eigenvalue weighted by molar-refractivity contribution is -0.138. The molecule has 5 rings (SSSR count). The molecule has 176 valence electrons. The van der Waals surface area contributed by atoms with Gasteiger partial charge in [-0.15, -0.1) is 0 Å². The molecule has 35 heavy (non-hydrogen) atoms. The molecule has 4 aromatic rings. The molecule has 0 aliphatic carbocycles. The molecule has 0 saturated heterocycles. The summed E-state index contributed by atoms with van der Waals surface area (Å²) in [6, 6.07) is 20.4. The van der Waals surface area contributed by atoms with Crippen molar-refractivity contribution >= 4 is 44.4 Å². The topological polar surface area (TPSA) is 96.7 Å². The van der Waals surface area contributed by atoms with Gasteiger partial charge in [0.25, 0.3) is 10.0 Å². The number of nitrogens with zero attached hydrogens (tertiary/aromatic N) is 2. The van der Waals surface area contributed by atoms with Crippen molar-refractivity contribution in [1.82, 2.24) is 3.97 Å². The zero-order valence-electron chi connectivity index (χ0n) is 19.0. The maximum Gasteiger partial charge on any atom is 0.320 e. The van der Waals surface area contributed by atoms with Gasteiger partial charge in [0.2, 0.25) is 0 Å². The number of fused-ring (bicyclic) bond motifs is 2. The van der Waals surface area contributed by atoms with E-state index >= 15 is 0 Å². The number of benzene rings is 3. The molecule has 0 radical (unpaired) electrons. The van der Waals surface area contributed by atoms with Gasteiger partial charge in [0.1, 0.15) is 0 Å². The average Bonchev–Trinajstić information content (AvgIpc) is 3.22. The second kappa shape index (κ2) is 8.25. The second-order valence-corrected chi connectivity index (χ2v) is 10.3. The van der Waals surface area contributed by atoms with Crippen molar-refractivity contribution in [1.29, 1.82) is 0 Å². The van der Waals surface area contributed by atoms with Gasteiger partial charge in [-0.3, -0.25) is 9.59 Å². The van der Waals surface area contributed by atoms with Crippen LogP contribution in [0.5, 0.6) is 0 Å². The SMILES string of the molecule is Cc1ccc(S(=O)(=O)n2cc(C=C3C(C(=O)O)C(=O)c4ccccc4N3C)c3ccccc32)cc1. The summed E-state index contributed by atoms with van der Waals surface area (Å²) in [5, 5.41) is 10.6. The third-order valence-corrected chi connectivity index (χ3v) is 8.00. The second-order valence-electron chi connectivity index (χ2n) is 8.50. The number of ketones is 1. The zero-order chi connectivity index (χ0) is 24.9. The van der Waals surface area contributed by atoms with E-state index in [1.807, 2.05) is 6.92 Å². The highest BCUT2D eigenvalue weighted by molar-refractivity contribution is 7.90. The predicted octanol–water partition coefficient (Wildman–Crippen LogP) is 4.56. The quantitative estimate of drug-likeness (QED) is 0.425. The number of carboxylic acid groups (broad SMARTS) is 1. The minimum atomic E-state index is -3.91. The molecular formula is C27H22N2O5S. The Morgan fingerprint density at radius 3 is 2.34 bits per heavy atom. The highest BCUT2D eigenvalue weighted by atomic mass is 32.2. The first-order chi connectivity index (χ1) is 16.7. The van der Waals surface area contributed by atoms with Crippen LogP contribution in [0.25, 0.3) is 17.0 Å². The number of carbonyl (C=O) groups is 2. The van der Waals surface area contributed by atoms with Gasteiger partial charge in [-0.1, -0.05) is 48.0 Å². The van der Waals surface area contributed by atoms with E-state index in [1.54, 1.807) is 90.8 Å². The van der Waals surface area contributed by atoms with E-state index in [0.29, 0.717) is 27.7 Å². The van der Waals surface area contributed by atoms with Crippen LogP contribution in [-0.4, -0.2) is 36.3 Å². The molecule has 0 spiro atoms. The molecule has 0 bridgehead atoms. The lowest BCUT2D eigenvalue weighted by atomic mass is 9.87. The van der Waals surface area contributed by atoms with E-state index in [9.17, 15) is 23.1 Å². The lowest BCUT2D eigenvalue weighted by Crippen LogP contribution is -2.38. The fourth-order valence-corrected chi connectivity index (χ4v) is 5.87. The van der Waals surface area contributed by atoms with Crippen molar-refractivity contribution in [2.75, 3.05) is 11.9 Å². The maximum absolute atomic E-state index is 13.5. The summed E-state index contributed by atoms with van der Waals surface area (Å²) in [7, 11) is -2.21. The number of Topliss-reactive ketones (excluding diaryl/α,β-unsaturated/α-hetero) is 1. The minimum Gasteiger partial charge on any atom is -0.480 e. The minimum absolute atomic E-state index is 0.144. The molecule has 2 heterocycles. The van der Waals surface area contributed by atoms with Crippen molar-refractivity contribution in [3.63, 3.8) is 0 Å². The van der Waals surface area contributed by atoms with E-state index < -0.39 is 27.7 Å². The Labute approximate surface area is 202 Å². The first-order valence-electron chi connectivity index (χ1n) is 10.9. The third-order valence-electron chi connectivity index (χ3n) is 6.31. The number of carboxylic acids is 1. The van der Waals surface area contributed by atoms with Gasteiger partial charge >= 0.3 is 5.97 Å². The Morgan fingerprint density at radius 1 is 0.971 bits per heavy atom. The van der Waals surface area contributed by atoms with Crippen molar-refractivity contribution < 1.29 is 23.1 Å². The predicted molar refractivity (Wildman–Crippen MR) is 134 cm³/mol. The molecule has 7 nitrogen and oxygen atoms in total. The molecule has 1 aromatic heterocycles. The Balaban J connectivity index is 1.73. The summed E-state index contributed by atoms with van der Waals surface area (Å²) < 4.78 is 28.2. The largest absolute Gasteiger partial charge is 0.480 e. The molecule has 3 aromatic carbocycles. The first-order valence-corrected chi connectivity index (χ1v) is 12.4. The standard InChI is InChI=1S/C27H22N2O5S/c1-17-11-13-19(14-12-17)35(33,34)29-16-18(20-7-3-6-10-23(20)29)15-24-25(27(31)32)26(30)21-8-4-5-9-22(21)28(24)2/h3-16,25H,1-2H3,(H,31,32). The summed E-state index contributed by atoms with van der Waals surface area (Å²) >= 11 is 0. The molecule has 0 fully saturated rings. The molecule has 1 atom stereocenters. The summed E-state index contributed by atoms with van der Waals surface area (Å²) in [5.41, 5.74) is 3.09. The van der Waals surface area contributed by atoms with Gasteiger partial charge in [0, 0.05) is 35.5 Å². The van der Waals surface area contributed by atoms with Gasteiger partial charge in [0.15, 0.2) is 11.7 Å². The van der Waals surface area contributed by atoms with E-state index in [0.717, 1.165) is 5.56 Å². The summed E-state index contributed by atoms with van der Waals surface area (Å²) in [4.78, 5) is 27.1. The van der Waals surface area contributed by atoms with Crippen molar-refractivity contribution in [3.05, 3.63) is 101 Å². The van der Waals surface area contributed by atoms with E-state index in [1.165, 1.54) is 10.2 Å². The number of carbonyl (C=O) groups excluding carboxylic acids is 1. The highest BCUT2D eigenvalue weighted by Gasteiger charge is 2.39. The van der Waals surface area contributed by atoms with Crippen LogP contribution in [0, 0.1) is 12.8 Å². The molecule has 0 saturated carbocycles. The van der Waals surface area contributed by atoms with Crippen molar-refractivity contribution in [2.24, 2.45) is 5.92 Å². The highest BCUT2D eigenvalue weighted by Crippen LogP contribution is 2.37. The van der Waals surface area contributed by atoms with Crippen LogP contribution >= 0.6 is 0 Å². The number of aromatic nitrogens is 1. The van der Waals surface area contributed by atoms with Crippen LogP contribution in [0.15, 0.2) is 89.6 Å². The number of anilines is 1. The lowest BCUT2D eigenvalue weighted by Gasteiger charge is -2.33. The number of aryl methyl sites for hydroxylation is 1. The number of para-hydroxylation sites is 2.